The Hall–Kier alpha value is -2.35. The van der Waals surface area contributed by atoms with Crippen molar-refractivity contribution in [2.45, 2.75) is 37.8 Å². The minimum atomic E-state index is -0.276. The van der Waals surface area contributed by atoms with Crippen LogP contribution in [0.2, 0.25) is 0 Å². The minimum absolute atomic E-state index is 0.244. The van der Waals surface area contributed by atoms with Gasteiger partial charge in [0.2, 0.25) is 5.76 Å². The molecule has 0 radical (unpaired) electrons. The summed E-state index contributed by atoms with van der Waals surface area (Å²) in [6, 6.07) is -0.244. The zero-order chi connectivity index (χ0) is 16.7. The zero-order valence-electron chi connectivity index (χ0n) is 13.7. The van der Waals surface area contributed by atoms with Crippen molar-refractivity contribution in [3.05, 3.63) is 29.7 Å². The van der Waals surface area contributed by atoms with Gasteiger partial charge < -0.3 is 19.2 Å². The third-order valence-electron chi connectivity index (χ3n) is 4.26. The lowest BCUT2D eigenvalue weighted by molar-refractivity contribution is 0.0873. The maximum absolute atomic E-state index is 12.5. The summed E-state index contributed by atoms with van der Waals surface area (Å²) >= 11 is 0. The first-order valence-electron chi connectivity index (χ1n) is 8.11. The van der Waals surface area contributed by atoms with Gasteiger partial charge in [-0.05, 0) is 19.8 Å². The number of rotatable bonds is 5. The molecular weight excluding hydrogens is 312 g/mol. The van der Waals surface area contributed by atoms with E-state index in [4.69, 9.17) is 13.9 Å². The lowest BCUT2D eigenvalue weighted by atomic mass is 10.2. The van der Waals surface area contributed by atoms with Crippen molar-refractivity contribution in [1.29, 1.82) is 0 Å². The van der Waals surface area contributed by atoms with Gasteiger partial charge in [0, 0.05) is 13.0 Å². The average molecular weight is 332 g/mol. The maximum Gasteiger partial charge on any atom is 0.289 e. The first-order chi connectivity index (χ1) is 11.6. The molecule has 1 saturated heterocycles. The summed E-state index contributed by atoms with van der Waals surface area (Å²) in [5, 5.41) is 7.01. The van der Waals surface area contributed by atoms with Gasteiger partial charge in [-0.1, -0.05) is 0 Å². The van der Waals surface area contributed by atoms with Crippen LogP contribution in [0.25, 0.3) is 0 Å². The molecule has 2 atom stereocenters. The number of oxazole rings is 1. The van der Waals surface area contributed by atoms with Crippen LogP contribution in [-0.4, -0.2) is 46.0 Å². The number of hydrogen-bond acceptors (Lipinski definition) is 6. The molecule has 8 heteroatoms. The summed E-state index contributed by atoms with van der Waals surface area (Å²) in [5.41, 5.74) is 0.623. The largest absolute Gasteiger partial charge is 0.482 e. The molecule has 0 bridgehead atoms. The molecule has 2 fully saturated rings. The first-order valence-corrected chi connectivity index (χ1v) is 8.11. The van der Waals surface area contributed by atoms with Gasteiger partial charge in [0.05, 0.1) is 37.3 Å². The maximum atomic E-state index is 12.5. The Morgan fingerprint density at radius 1 is 1.42 bits per heavy atom. The van der Waals surface area contributed by atoms with Gasteiger partial charge in [0.15, 0.2) is 11.6 Å². The number of aryl methyl sites for hydroxylation is 2. The second kappa shape index (κ2) is 5.94. The number of aromatic nitrogens is 3. The summed E-state index contributed by atoms with van der Waals surface area (Å²) in [5.74, 6) is 1.70. The SMILES string of the molecule is Cc1nc(C2CC2)oc1C(=O)N[C@H]1COC[C@H]1Oc1cnn(C)c1. The van der Waals surface area contributed by atoms with Crippen LogP contribution in [0.3, 0.4) is 0 Å². The van der Waals surface area contributed by atoms with Crippen molar-refractivity contribution < 1.29 is 18.7 Å². The Labute approximate surface area is 139 Å². The fourth-order valence-electron chi connectivity index (χ4n) is 2.79. The van der Waals surface area contributed by atoms with Crippen LogP contribution in [0.4, 0.5) is 0 Å². The van der Waals surface area contributed by atoms with Crippen LogP contribution in [0, 0.1) is 6.92 Å². The summed E-state index contributed by atoms with van der Waals surface area (Å²) < 4.78 is 18.6. The van der Waals surface area contributed by atoms with Crippen LogP contribution in [0.5, 0.6) is 5.75 Å². The lowest BCUT2D eigenvalue weighted by Gasteiger charge is -2.19. The van der Waals surface area contributed by atoms with Gasteiger partial charge in [0.1, 0.15) is 6.10 Å². The van der Waals surface area contributed by atoms with E-state index in [0.29, 0.717) is 36.5 Å². The Morgan fingerprint density at radius 2 is 2.25 bits per heavy atom. The summed E-state index contributed by atoms with van der Waals surface area (Å²) in [6.45, 7) is 2.61. The molecule has 4 rings (SSSR count). The van der Waals surface area contributed by atoms with Crippen LogP contribution in [-0.2, 0) is 11.8 Å². The number of nitrogens with one attached hydrogen (secondary N) is 1. The lowest BCUT2D eigenvalue weighted by Crippen LogP contribution is -2.45. The monoisotopic (exact) mass is 332 g/mol. The Bertz CT molecular complexity index is 749. The van der Waals surface area contributed by atoms with Crippen LogP contribution in [0.1, 0.15) is 40.9 Å². The van der Waals surface area contributed by atoms with E-state index >= 15 is 0 Å². The van der Waals surface area contributed by atoms with Crippen LogP contribution < -0.4 is 10.1 Å². The van der Waals surface area contributed by atoms with Crippen molar-refractivity contribution in [1.82, 2.24) is 20.1 Å². The second-order valence-corrected chi connectivity index (χ2v) is 6.36. The third-order valence-corrected chi connectivity index (χ3v) is 4.26. The molecule has 1 N–H and O–H groups in total. The highest BCUT2D eigenvalue weighted by atomic mass is 16.5. The number of hydrogen-bond donors (Lipinski definition) is 1. The molecule has 2 aromatic heterocycles. The van der Waals surface area contributed by atoms with E-state index in [1.165, 1.54) is 0 Å². The summed E-state index contributed by atoms with van der Waals surface area (Å²) in [6.07, 6.45) is 5.32. The van der Waals surface area contributed by atoms with Gasteiger partial charge in [-0.3, -0.25) is 9.48 Å². The van der Waals surface area contributed by atoms with Gasteiger partial charge in [-0.2, -0.15) is 5.10 Å². The molecule has 1 aliphatic carbocycles. The van der Waals surface area contributed by atoms with Gasteiger partial charge in [0.25, 0.3) is 5.91 Å². The molecule has 3 heterocycles. The van der Waals surface area contributed by atoms with E-state index in [1.54, 1.807) is 24.0 Å². The topological polar surface area (TPSA) is 91.4 Å². The predicted octanol–water partition coefficient (Wildman–Crippen LogP) is 1.17. The zero-order valence-corrected chi connectivity index (χ0v) is 13.7. The molecule has 0 unspecified atom stereocenters. The molecule has 2 aliphatic rings. The van der Waals surface area contributed by atoms with E-state index in [2.05, 4.69) is 15.4 Å². The van der Waals surface area contributed by atoms with Crippen molar-refractivity contribution >= 4 is 5.91 Å². The van der Waals surface area contributed by atoms with E-state index < -0.39 is 0 Å². The van der Waals surface area contributed by atoms with E-state index in [-0.39, 0.29) is 23.8 Å². The number of nitrogens with zero attached hydrogens (tertiary/aromatic N) is 3. The summed E-state index contributed by atoms with van der Waals surface area (Å²) in [7, 11) is 1.82. The van der Waals surface area contributed by atoms with Gasteiger partial charge >= 0.3 is 0 Å². The Balaban J connectivity index is 1.42. The van der Waals surface area contributed by atoms with Crippen LogP contribution >= 0.6 is 0 Å². The standard InChI is InChI=1S/C16H20N4O4/c1-9-14(24-16(18-9)10-3-4-10)15(21)19-12-7-22-8-13(12)23-11-5-17-20(2)6-11/h5-6,10,12-13H,3-4,7-8H2,1-2H3,(H,19,21)/t12-,13+/m0/s1. The Morgan fingerprint density at radius 3 is 2.96 bits per heavy atom. The molecule has 0 aromatic carbocycles. The smallest absolute Gasteiger partial charge is 0.289 e. The van der Waals surface area contributed by atoms with Gasteiger partial charge in [-0.15, -0.1) is 0 Å². The molecular formula is C16H20N4O4. The van der Waals surface area contributed by atoms with Gasteiger partial charge in [-0.25, -0.2) is 4.98 Å². The number of carbonyl (C=O) groups excluding carboxylic acids is 1. The van der Waals surface area contributed by atoms with E-state index in [9.17, 15) is 4.79 Å². The highest BCUT2D eigenvalue weighted by Crippen LogP contribution is 2.40. The molecule has 1 aliphatic heterocycles. The number of amides is 1. The quantitative estimate of drug-likeness (QED) is 0.884. The minimum Gasteiger partial charge on any atom is -0.482 e. The van der Waals surface area contributed by atoms with Crippen molar-refractivity contribution in [2.75, 3.05) is 13.2 Å². The molecule has 24 heavy (non-hydrogen) atoms. The van der Waals surface area contributed by atoms with E-state index in [0.717, 1.165) is 12.8 Å². The highest BCUT2D eigenvalue weighted by molar-refractivity contribution is 5.92. The third kappa shape index (κ3) is 3.01. The average Bonchev–Trinajstić information content (AvgIpc) is 3.00. The van der Waals surface area contributed by atoms with Crippen molar-refractivity contribution in [3.63, 3.8) is 0 Å². The Kier molecular flexibility index (Phi) is 3.76. The normalized spacial score (nSPS) is 23.4. The number of ether oxygens (including phenoxy) is 2. The van der Waals surface area contributed by atoms with Crippen LogP contribution in [0.15, 0.2) is 16.8 Å². The molecule has 128 valence electrons. The number of carbonyl (C=O) groups is 1. The molecule has 1 saturated carbocycles. The highest BCUT2D eigenvalue weighted by Gasteiger charge is 2.35. The molecule has 2 aromatic rings. The molecule has 1 amide bonds. The van der Waals surface area contributed by atoms with Crippen molar-refractivity contribution in [2.24, 2.45) is 7.05 Å². The van der Waals surface area contributed by atoms with E-state index in [1.807, 2.05) is 7.05 Å². The predicted molar refractivity (Wildman–Crippen MR) is 82.9 cm³/mol. The first kappa shape index (κ1) is 15.2. The molecule has 0 spiro atoms. The summed E-state index contributed by atoms with van der Waals surface area (Å²) in [4.78, 5) is 16.9. The second-order valence-electron chi connectivity index (χ2n) is 6.36. The fourth-order valence-corrected chi connectivity index (χ4v) is 2.79. The molecule has 8 nitrogen and oxygen atoms in total. The van der Waals surface area contributed by atoms with Crippen molar-refractivity contribution in [3.8, 4) is 5.75 Å². The fraction of sp³-hybridized carbons (Fsp3) is 0.562.